The number of hydrogen-bond donors (Lipinski definition) is 1. The minimum absolute atomic E-state index is 0.00407. The van der Waals surface area contributed by atoms with Gasteiger partial charge in [0, 0.05) is 0 Å². The highest BCUT2D eigenvalue weighted by Crippen LogP contribution is 2.65. The molecule has 2 unspecified atom stereocenters. The molecular formula is C10H16O3S. The fourth-order valence-electron chi connectivity index (χ4n) is 2.84. The van der Waals surface area contributed by atoms with E-state index in [1.54, 1.807) is 0 Å². The molecule has 1 N–H and O–H groups in total. The normalized spacial score (nSPS) is 35.4. The Morgan fingerprint density at radius 2 is 1.93 bits per heavy atom. The van der Waals surface area contributed by atoms with Gasteiger partial charge in [-0.25, -0.2) is 0 Å². The van der Waals surface area contributed by atoms with Gasteiger partial charge in [0.25, 0.3) is 10.1 Å². The van der Waals surface area contributed by atoms with Crippen LogP contribution in [0.3, 0.4) is 0 Å². The Morgan fingerprint density at radius 3 is 2.36 bits per heavy atom. The molecule has 0 bridgehead atoms. The maximum Gasteiger partial charge on any atom is 0.290 e. The third-order valence-corrected chi connectivity index (χ3v) is 4.89. The van der Waals surface area contributed by atoms with Crippen LogP contribution in [-0.4, -0.2) is 13.0 Å². The summed E-state index contributed by atoms with van der Waals surface area (Å²) in [6, 6.07) is 0. The van der Waals surface area contributed by atoms with Crippen molar-refractivity contribution in [2.45, 2.75) is 33.6 Å². The molecule has 0 heterocycles. The number of rotatable bonds is 1. The minimum Gasteiger partial charge on any atom is -0.282 e. The van der Waals surface area contributed by atoms with Crippen molar-refractivity contribution in [2.75, 3.05) is 0 Å². The van der Waals surface area contributed by atoms with Crippen molar-refractivity contribution < 1.29 is 13.0 Å². The lowest BCUT2D eigenvalue weighted by atomic mass is 9.97. The Labute approximate surface area is 85.0 Å². The largest absolute Gasteiger partial charge is 0.290 e. The first-order chi connectivity index (χ1) is 6.26. The third-order valence-electron chi connectivity index (χ3n) is 3.71. The van der Waals surface area contributed by atoms with Gasteiger partial charge in [-0.1, -0.05) is 20.8 Å². The molecule has 2 atom stereocenters. The fraction of sp³-hybridized carbons (Fsp3) is 0.800. The van der Waals surface area contributed by atoms with Crippen LogP contribution in [0.25, 0.3) is 0 Å². The Bertz CT molecular complexity index is 403. The number of fused-ring (bicyclic) bond motifs is 1. The molecule has 1 fully saturated rings. The summed E-state index contributed by atoms with van der Waals surface area (Å²) in [5.41, 5.74) is 0.967. The molecule has 4 heteroatoms. The Balaban J connectivity index is 2.56. The van der Waals surface area contributed by atoms with E-state index in [4.69, 9.17) is 4.55 Å². The molecule has 0 aromatic rings. The van der Waals surface area contributed by atoms with Crippen molar-refractivity contribution in [3.63, 3.8) is 0 Å². The predicted octanol–water partition coefficient (Wildman–Crippen LogP) is 2.21. The van der Waals surface area contributed by atoms with Crippen molar-refractivity contribution >= 4 is 10.1 Å². The summed E-state index contributed by atoms with van der Waals surface area (Å²) in [7, 11) is -3.97. The Hall–Kier alpha value is -0.350. The van der Waals surface area contributed by atoms with Gasteiger partial charge in [-0.3, -0.25) is 4.55 Å². The van der Waals surface area contributed by atoms with Crippen LogP contribution in [0.4, 0.5) is 0 Å². The SMILES string of the molecule is CC1CCC2C(=C1S(=O)(=O)O)C2(C)C. The summed E-state index contributed by atoms with van der Waals surface area (Å²) < 4.78 is 31.6. The van der Waals surface area contributed by atoms with E-state index in [0.717, 1.165) is 18.4 Å². The first-order valence-corrected chi connectivity index (χ1v) is 6.42. The van der Waals surface area contributed by atoms with Gasteiger partial charge in [-0.2, -0.15) is 8.42 Å². The Kier molecular flexibility index (Phi) is 1.90. The molecule has 0 aliphatic heterocycles. The maximum atomic E-state index is 11.2. The fourth-order valence-corrected chi connectivity index (χ4v) is 4.15. The van der Waals surface area contributed by atoms with Crippen molar-refractivity contribution in [3.05, 3.63) is 10.5 Å². The monoisotopic (exact) mass is 216 g/mol. The van der Waals surface area contributed by atoms with Gasteiger partial charge in [0.05, 0.1) is 4.91 Å². The molecule has 0 aromatic heterocycles. The zero-order chi connectivity index (χ0) is 10.7. The second-order valence-electron chi connectivity index (χ2n) is 5.01. The van der Waals surface area contributed by atoms with Crippen LogP contribution < -0.4 is 0 Å². The highest BCUT2D eigenvalue weighted by Gasteiger charge is 2.57. The van der Waals surface area contributed by atoms with Gasteiger partial charge < -0.3 is 0 Å². The van der Waals surface area contributed by atoms with Crippen LogP contribution in [-0.2, 0) is 10.1 Å². The van der Waals surface area contributed by atoms with Crippen LogP contribution in [0, 0.1) is 17.3 Å². The molecule has 2 aliphatic rings. The second kappa shape index (κ2) is 2.61. The van der Waals surface area contributed by atoms with Gasteiger partial charge in [0.15, 0.2) is 0 Å². The van der Waals surface area contributed by atoms with Crippen molar-refractivity contribution in [2.24, 2.45) is 17.3 Å². The summed E-state index contributed by atoms with van der Waals surface area (Å²) in [5, 5.41) is 0. The van der Waals surface area contributed by atoms with E-state index in [0.29, 0.717) is 10.8 Å². The molecule has 80 valence electrons. The molecule has 0 spiro atoms. The van der Waals surface area contributed by atoms with Crippen LogP contribution in [0.5, 0.6) is 0 Å². The van der Waals surface area contributed by atoms with Crippen LogP contribution in [0.15, 0.2) is 10.5 Å². The molecule has 0 aromatic carbocycles. The first-order valence-electron chi connectivity index (χ1n) is 4.98. The maximum absolute atomic E-state index is 11.2. The molecule has 1 saturated carbocycles. The van der Waals surface area contributed by atoms with E-state index in [2.05, 4.69) is 13.8 Å². The topological polar surface area (TPSA) is 54.4 Å². The summed E-state index contributed by atoms with van der Waals surface area (Å²) in [5.74, 6) is 0.369. The highest BCUT2D eigenvalue weighted by molar-refractivity contribution is 7.89. The first kappa shape index (κ1) is 10.2. The zero-order valence-corrected chi connectivity index (χ0v) is 9.56. The zero-order valence-electron chi connectivity index (χ0n) is 8.74. The number of allylic oxidation sites excluding steroid dienone is 2. The van der Waals surface area contributed by atoms with E-state index in [-0.39, 0.29) is 11.3 Å². The van der Waals surface area contributed by atoms with Gasteiger partial charge in [-0.05, 0) is 35.7 Å². The van der Waals surface area contributed by atoms with Gasteiger partial charge in [0.1, 0.15) is 0 Å². The van der Waals surface area contributed by atoms with Crippen molar-refractivity contribution in [1.29, 1.82) is 0 Å². The Morgan fingerprint density at radius 1 is 1.36 bits per heavy atom. The lowest BCUT2D eigenvalue weighted by molar-refractivity contribution is 0.461. The smallest absolute Gasteiger partial charge is 0.282 e. The molecule has 0 amide bonds. The van der Waals surface area contributed by atoms with Crippen LogP contribution in [0.1, 0.15) is 33.6 Å². The summed E-state index contributed by atoms with van der Waals surface area (Å²) in [4.78, 5) is 0.304. The van der Waals surface area contributed by atoms with Crippen molar-refractivity contribution in [1.82, 2.24) is 0 Å². The summed E-state index contributed by atoms with van der Waals surface area (Å²) in [6.07, 6.45) is 1.93. The minimum atomic E-state index is -3.97. The third kappa shape index (κ3) is 1.24. The average molecular weight is 216 g/mol. The molecule has 0 radical (unpaired) electrons. The van der Waals surface area contributed by atoms with E-state index >= 15 is 0 Å². The van der Waals surface area contributed by atoms with Crippen molar-refractivity contribution in [3.8, 4) is 0 Å². The van der Waals surface area contributed by atoms with E-state index in [1.807, 2.05) is 6.92 Å². The van der Waals surface area contributed by atoms with E-state index in [1.165, 1.54) is 0 Å². The lowest BCUT2D eigenvalue weighted by Crippen LogP contribution is -2.13. The molecule has 2 aliphatic carbocycles. The molecule has 2 rings (SSSR count). The average Bonchev–Trinajstić information content (AvgIpc) is 2.51. The molecule has 14 heavy (non-hydrogen) atoms. The quantitative estimate of drug-likeness (QED) is 0.684. The predicted molar refractivity (Wildman–Crippen MR) is 54.2 cm³/mol. The van der Waals surface area contributed by atoms with Gasteiger partial charge in [-0.15, -0.1) is 0 Å². The summed E-state index contributed by atoms with van der Waals surface area (Å²) >= 11 is 0. The highest BCUT2D eigenvalue weighted by atomic mass is 32.2. The van der Waals surface area contributed by atoms with Gasteiger partial charge in [0.2, 0.25) is 0 Å². The molecular weight excluding hydrogens is 200 g/mol. The molecule has 0 saturated heterocycles. The van der Waals surface area contributed by atoms with E-state index in [9.17, 15) is 8.42 Å². The second-order valence-corrected chi connectivity index (χ2v) is 6.40. The van der Waals surface area contributed by atoms with Crippen LogP contribution >= 0.6 is 0 Å². The lowest BCUT2D eigenvalue weighted by Gasteiger charge is -2.16. The van der Waals surface area contributed by atoms with Crippen LogP contribution in [0.2, 0.25) is 0 Å². The number of hydrogen-bond acceptors (Lipinski definition) is 2. The van der Waals surface area contributed by atoms with Gasteiger partial charge >= 0.3 is 0 Å². The molecule has 3 nitrogen and oxygen atoms in total. The standard InChI is InChI=1S/C10H16O3S/c1-6-4-5-7-8(10(7,2)3)9(6)14(11,12)13/h6-7H,4-5H2,1-3H3,(H,11,12,13). The summed E-state index contributed by atoms with van der Waals surface area (Å²) in [6.45, 7) is 5.98. The van der Waals surface area contributed by atoms with E-state index < -0.39 is 10.1 Å².